The molecule has 19 heavy (non-hydrogen) atoms. The Morgan fingerprint density at radius 1 is 1.00 bits per heavy atom. The Balaban J connectivity index is 2.23. The van der Waals surface area contributed by atoms with Crippen molar-refractivity contribution in [2.75, 3.05) is 12.4 Å². The number of anilines is 1. The quantitative estimate of drug-likeness (QED) is 0.709. The highest BCUT2D eigenvalue weighted by Crippen LogP contribution is 2.23. The molecule has 0 aliphatic rings. The molecule has 3 aromatic rings. The van der Waals surface area contributed by atoms with Gasteiger partial charge in [0.25, 0.3) is 0 Å². The third-order valence-electron chi connectivity index (χ3n) is 3.11. The molecule has 0 bridgehead atoms. The van der Waals surface area contributed by atoms with Crippen LogP contribution in [0.2, 0.25) is 0 Å². The molecule has 0 aliphatic carbocycles. The number of rotatable bonds is 2. The Labute approximate surface area is 110 Å². The second-order valence-electron chi connectivity index (χ2n) is 4.32. The van der Waals surface area contributed by atoms with Gasteiger partial charge in [0.05, 0.1) is 5.56 Å². The van der Waals surface area contributed by atoms with Crippen LogP contribution in [0.3, 0.4) is 0 Å². The topological polar surface area (TPSA) is 42.2 Å². The van der Waals surface area contributed by atoms with Crippen molar-refractivity contribution in [2.24, 2.45) is 0 Å². The molecule has 0 spiro atoms. The van der Waals surface area contributed by atoms with Gasteiger partial charge in [0.1, 0.15) is 5.58 Å². The molecule has 1 N–H and O–H groups in total. The Bertz CT molecular complexity index is 776. The third-order valence-corrected chi connectivity index (χ3v) is 3.11. The van der Waals surface area contributed by atoms with Crippen LogP contribution in [0.1, 0.15) is 0 Å². The van der Waals surface area contributed by atoms with Crippen LogP contribution in [0.15, 0.2) is 63.8 Å². The number of hydrogen-bond donors (Lipinski definition) is 1. The molecule has 1 aromatic heterocycles. The molecule has 0 fully saturated rings. The monoisotopic (exact) mass is 251 g/mol. The molecule has 94 valence electrons. The van der Waals surface area contributed by atoms with Crippen LogP contribution in [0.25, 0.3) is 22.1 Å². The van der Waals surface area contributed by atoms with Gasteiger partial charge in [-0.3, -0.25) is 0 Å². The standard InChI is InChI=1S/C16H13NO2/c1-17-13-8-7-12-9-14(11-5-3-2-4-6-11)16(18)19-15(12)10-13/h2-10,17H,1H3. The highest BCUT2D eigenvalue weighted by atomic mass is 16.4. The smallest absolute Gasteiger partial charge is 0.344 e. The average molecular weight is 251 g/mol. The second-order valence-corrected chi connectivity index (χ2v) is 4.32. The molecule has 0 saturated carbocycles. The van der Waals surface area contributed by atoms with Crippen LogP contribution >= 0.6 is 0 Å². The van der Waals surface area contributed by atoms with Crippen LogP contribution < -0.4 is 10.9 Å². The fourth-order valence-corrected chi connectivity index (χ4v) is 2.09. The van der Waals surface area contributed by atoms with Gasteiger partial charge >= 0.3 is 5.63 Å². The average Bonchev–Trinajstić information content (AvgIpc) is 2.47. The Hall–Kier alpha value is -2.55. The van der Waals surface area contributed by atoms with Crippen molar-refractivity contribution in [3.8, 4) is 11.1 Å². The van der Waals surface area contributed by atoms with Crippen LogP contribution in [0.4, 0.5) is 5.69 Å². The van der Waals surface area contributed by atoms with E-state index in [2.05, 4.69) is 5.32 Å². The Morgan fingerprint density at radius 2 is 1.79 bits per heavy atom. The van der Waals surface area contributed by atoms with Gasteiger partial charge in [-0.25, -0.2) is 4.79 Å². The number of fused-ring (bicyclic) bond motifs is 1. The zero-order chi connectivity index (χ0) is 13.2. The van der Waals surface area contributed by atoms with E-state index in [0.717, 1.165) is 16.6 Å². The van der Waals surface area contributed by atoms with Crippen molar-refractivity contribution >= 4 is 16.7 Å². The van der Waals surface area contributed by atoms with E-state index in [1.54, 1.807) is 0 Å². The minimum Gasteiger partial charge on any atom is -0.422 e. The lowest BCUT2D eigenvalue weighted by Crippen LogP contribution is -2.02. The third kappa shape index (κ3) is 2.10. The first kappa shape index (κ1) is 11.5. The summed E-state index contributed by atoms with van der Waals surface area (Å²) in [6, 6.07) is 17.1. The van der Waals surface area contributed by atoms with Gasteiger partial charge in [-0.1, -0.05) is 30.3 Å². The summed E-state index contributed by atoms with van der Waals surface area (Å²) in [5, 5.41) is 3.94. The van der Waals surface area contributed by atoms with Crippen LogP contribution in [0.5, 0.6) is 0 Å². The van der Waals surface area contributed by atoms with Crippen LogP contribution in [-0.2, 0) is 0 Å². The summed E-state index contributed by atoms with van der Waals surface area (Å²) in [5.74, 6) is 0. The molecule has 0 saturated heterocycles. The number of benzene rings is 2. The highest BCUT2D eigenvalue weighted by Gasteiger charge is 2.07. The summed E-state index contributed by atoms with van der Waals surface area (Å²) in [5.41, 5.74) is 2.66. The van der Waals surface area contributed by atoms with Crippen molar-refractivity contribution in [2.45, 2.75) is 0 Å². The summed E-state index contributed by atoms with van der Waals surface area (Å²) in [7, 11) is 1.83. The SMILES string of the molecule is CNc1ccc2cc(-c3ccccc3)c(=O)oc2c1. The molecule has 0 aliphatic heterocycles. The lowest BCUT2D eigenvalue weighted by atomic mass is 10.1. The maximum Gasteiger partial charge on any atom is 0.344 e. The van der Waals surface area contributed by atoms with E-state index in [9.17, 15) is 4.79 Å². The Kier molecular flexibility index (Phi) is 2.80. The first-order valence-corrected chi connectivity index (χ1v) is 6.09. The van der Waals surface area contributed by atoms with Gasteiger partial charge in [-0.2, -0.15) is 0 Å². The second kappa shape index (κ2) is 4.61. The van der Waals surface area contributed by atoms with E-state index in [1.807, 2.05) is 61.6 Å². The van der Waals surface area contributed by atoms with Crippen molar-refractivity contribution in [3.63, 3.8) is 0 Å². The molecule has 0 atom stereocenters. The number of hydrogen-bond acceptors (Lipinski definition) is 3. The first-order valence-electron chi connectivity index (χ1n) is 6.09. The zero-order valence-electron chi connectivity index (χ0n) is 10.5. The number of nitrogens with one attached hydrogen (secondary N) is 1. The molecular weight excluding hydrogens is 238 g/mol. The zero-order valence-corrected chi connectivity index (χ0v) is 10.5. The predicted molar refractivity (Wildman–Crippen MR) is 77.5 cm³/mol. The van der Waals surface area contributed by atoms with Crippen molar-refractivity contribution in [1.82, 2.24) is 0 Å². The van der Waals surface area contributed by atoms with Crippen molar-refractivity contribution in [3.05, 3.63) is 65.0 Å². The maximum atomic E-state index is 12.0. The summed E-state index contributed by atoms with van der Waals surface area (Å²) in [6.45, 7) is 0. The highest BCUT2D eigenvalue weighted by molar-refractivity contribution is 5.84. The molecule has 3 nitrogen and oxygen atoms in total. The van der Waals surface area contributed by atoms with Crippen molar-refractivity contribution < 1.29 is 4.42 Å². The van der Waals surface area contributed by atoms with Gasteiger partial charge in [0.2, 0.25) is 0 Å². The van der Waals surface area contributed by atoms with Gasteiger partial charge in [-0.15, -0.1) is 0 Å². The van der Waals surface area contributed by atoms with E-state index in [0.29, 0.717) is 11.1 Å². The minimum atomic E-state index is -0.313. The van der Waals surface area contributed by atoms with Crippen LogP contribution in [-0.4, -0.2) is 7.05 Å². The van der Waals surface area contributed by atoms with Gasteiger partial charge in [-0.05, 0) is 23.8 Å². The van der Waals surface area contributed by atoms with E-state index < -0.39 is 0 Å². The summed E-state index contributed by atoms with van der Waals surface area (Å²) >= 11 is 0. The van der Waals surface area contributed by atoms with E-state index in [4.69, 9.17) is 4.42 Å². The fraction of sp³-hybridized carbons (Fsp3) is 0.0625. The molecule has 1 heterocycles. The molecule has 0 amide bonds. The molecule has 0 unspecified atom stereocenters. The summed E-state index contributed by atoms with van der Waals surface area (Å²) in [6.07, 6.45) is 0. The van der Waals surface area contributed by atoms with Crippen molar-refractivity contribution in [1.29, 1.82) is 0 Å². The van der Waals surface area contributed by atoms with Gasteiger partial charge in [0, 0.05) is 24.2 Å². The van der Waals surface area contributed by atoms with Gasteiger partial charge < -0.3 is 9.73 Å². The van der Waals surface area contributed by atoms with E-state index >= 15 is 0 Å². The fourth-order valence-electron chi connectivity index (χ4n) is 2.09. The predicted octanol–water partition coefficient (Wildman–Crippen LogP) is 3.50. The first-order chi connectivity index (χ1) is 9.28. The largest absolute Gasteiger partial charge is 0.422 e. The van der Waals surface area contributed by atoms with Crippen LogP contribution in [0, 0.1) is 0 Å². The molecule has 2 aromatic carbocycles. The van der Waals surface area contributed by atoms with Gasteiger partial charge in [0.15, 0.2) is 0 Å². The lowest BCUT2D eigenvalue weighted by Gasteiger charge is -2.04. The summed E-state index contributed by atoms with van der Waals surface area (Å²) in [4.78, 5) is 12.0. The normalized spacial score (nSPS) is 10.6. The maximum absolute atomic E-state index is 12.0. The van der Waals surface area contributed by atoms with E-state index in [1.165, 1.54) is 0 Å². The van der Waals surface area contributed by atoms with E-state index in [-0.39, 0.29) is 5.63 Å². The lowest BCUT2D eigenvalue weighted by molar-refractivity contribution is 0.563. The molecular formula is C16H13NO2. The molecule has 0 radical (unpaired) electrons. The molecule has 3 rings (SSSR count). The molecule has 3 heteroatoms. The minimum absolute atomic E-state index is 0.313. The Morgan fingerprint density at radius 3 is 2.53 bits per heavy atom. The summed E-state index contributed by atoms with van der Waals surface area (Å²) < 4.78 is 5.39.